The Labute approximate surface area is 193 Å². The lowest BCUT2D eigenvalue weighted by atomic mass is 9.91. The molecule has 4 rings (SSSR count). The molecule has 0 saturated heterocycles. The van der Waals surface area contributed by atoms with Gasteiger partial charge in [0.05, 0.1) is 11.6 Å². The fourth-order valence-electron chi connectivity index (χ4n) is 3.80. The Hall–Kier alpha value is -4.32. The van der Waals surface area contributed by atoms with Gasteiger partial charge in [-0.05, 0) is 35.4 Å². The molecule has 1 unspecified atom stereocenters. The van der Waals surface area contributed by atoms with Crippen molar-refractivity contribution in [3.8, 4) is 11.3 Å². The van der Waals surface area contributed by atoms with Gasteiger partial charge in [0.2, 0.25) is 5.91 Å². The molecule has 4 aromatic rings. The molecule has 3 N–H and O–H groups in total. The molecular weight excluding hydrogens is 410 g/mol. The number of benzene rings is 1. The largest absolute Gasteiger partial charge is 0.369 e. The zero-order valence-electron chi connectivity index (χ0n) is 18.2. The van der Waals surface area contributed by atoms with E-state index in [9.17, 15) is 4.79 Å². The average Bonchev–Trinajstić information content (AvgIpc) is 2.86. The van der Waals surface area contributed by atoms with Crippen molar-refractivity contribution < 1.29 is 4.79 Å². The highest BCUT2D eigenvalue weighted by Gasteiger charge is 2.25. The van der Waals surface area contributed by atoms with Gasteiger partial charge in [0.25, 0.3) is 0 Å². The molecule has 0 aliphatic heterocycles. The first kappa shape index (κ1) is 21.9. The molecule has 0 fully saturated rings. The van der Waals surface area contributed by atoms with Crippen LogP contribution in [-0.2, 0) is 11.2 Å². The van der Waals surface area contributed by atoms with Gasteiger partial charge in [-0.25, -0.2) is 4.98 Å². The Bertz CT molecular complexity index is 1240. The normalized spacial score (nSPS) is 11.5. The number of hydrogen-bond donors (Lipinski definition) is 2. The van der Waals surface area contributed by atoms with Crippen molar-refractivity contribution in [3.05, 3.63) is 114 Å². The molecule has 0 saturated carbocycles. The Morgan fingerprint density at radius 2 is 1.88 bits per heavy atom. The van der Waals surface area contributed by atoms with Crippen molar-refractivity contribution in [1.82, 2.24) is 15.0 Å². The van der Waals surface area contributed by atoms with Crippen molar-refractivity contribution in [2.45, 2.75) is 12.3 Å². The summed E-state index contributed by atoms with van der Waals surface area (Å²) >= 11 is 0. The molecule has 1 aromatic carbocycles. The first-order valence-electron chi connectivity index (χ1n) is 10.7. The highest BCUT2D eigenvalue weighted by atomic mass is 16.1. The number of pyridine rings is 3. The highest BCUT2D eigenvalue weighted by molar-refractivity contribution is 5.87. The van der Waals surface area contributed by atoms with E-state index in [2.05, 4.69) is 21.9 Å². The summed E-state index contributed by atoms with van der Waals surface area (Å²) in [4.78, 5) is 26.0. The van der Waals surface area contributed by atoms with Gasteiger partial charge in [0.1, 0.15) is 5.82 Å². The number of hydrogen-bond acceptors (Lipinski definition) is 5. The zero-order valence-corrected chi connectivity index (χ0v) is 18.2. The second-order valence-corrected chi connectivity index (χ2v) is 7.55. The number of amides is 1. The number of anilines is 1. The summed E-state index contributed by atoms with van der Waals surface area (Å²) in [6.07, 6.45) is 7.62. The molecule has 1 amide bonds. The van der Waals surface area contributed by atoms with Gasteiger partial charge in [0.15, 0.2) is 0 Å². The second kappa shape index (κ2) is 10.3. The fourth-order valence-corrected chi connectivity index (χ4v) is 3.80. The van der Waals surface area contributed by atoms with Crippen molar-refractivity contribution in [2.24, 2.45) is 5.73 Å². The molecule has 164 valence electrons. The number of nitrogens with two attached hydrogens (primary N) is 1. The van der Waals surface area contributed by atoms with Crippen molar-refractivity contribution in [2.75, 3.05) is 11.9 Å². The summed E-state index contributed by atoms with van der Waals surface area (Å²) in [6.45, 7) is 4.51. The second-order valence-electron chi connectivity index (χ2n) is 7.55. The van der Waals surface area contributed by atoms with Gasteiger partial charge in [-0.2, -0.15) is 0 Å². The molecule has 0 spiro atoms. The average molecular weight is 436 g/mol. The van der Waals surface area contributed by atoms with E-state index in [-0.39, 0.29) is 0 Å². The first-order chi connectivity index (χ1) is 16.2. The summed E-state index contributed by atoms with van der Waals surface area (Å²) in [6, 6.07) is 21.2. The SMILES string of the molecule is C=Cc1ccccc1-c1ccc(C(C(N)=O)c2cccnc2)c(NCCc2ccccn2)n1. The zero-order chi connectivity index (χ0) is 23.0. The van der Waals surface area contributed by atoms with E-state index >= 15 is 0 Å². The van der Waals surface area contributed by atoms with Gasteiger partial charge < -0.3 is 11.1 Å². The van der Waals surface area contributed by atoms with Crippen LogP contribution in [0.3, 0.4) is 0 Å². The molecule has 0 aliphatic carbocycles. The Morgan fingerprint density at radius 3 is 2.61 bits per heavy atom. The number of nitrogens with one attached hydrogen (secondary N) is 1. The molecule has 6 heteroatoms. The Balaban J connectivity index is 1.74. The van der Waals surface area contributed by atoms with Gasteiger partial charge in [0, 0.05) is 48.4 Å². The van der Waals surface area contributed by atoms with Crippen LogP contribution in [0.25, 0.3) is 17.3 Å². The van der Waals surface area contributed by atoms with Crippen molar-refractivity contribution in [3.63, 3.8) is 0 Å². The summed E-state index contributed by atoms with van der Waals surface area (Å²) in [5.41, 5.74) is 11.0. The topological polar surface area (TPSA) is 93.8 Å². The lowest BCUT2D eigenvalue weighted by Crippen LogP contribution is -2.24. The molecule has 1 atom stereocenters. The van der Waals surface area contributed by atoms with Crippen LogP contribution in [0, 0.1) is 0 Å². The van der Waals surface area contributed by atoms with Crippen LogP contribution >= 0.6 is 0 Å². The summed E-state index contributed by atoms with van der Waals surface area (Å²) in [7, 11) is 0. The Morgan fingerprint density at radius 1 is 1.03 bits per heavy atom. The maximum absolute atomic E-state index is 12.5. The number of carbonyl (C=O) groups excluding carboxylic acids is 1. The quantitative estimate of drug-likeness (QED) is 0.405. The van der Waals surface area contributed by atoms with E-state index in [1.54, 1.807) is 30.7 Å². The van der Waals surface area contributed by atoms with Crippen LogP contribution in [0.5, 0.6) is 0 Å². The van der Waals surface area contributed by atoms with Crippen LogP contribution < -0.4 is 11.1 Å². The third-order valence-electron chi connectivity index (χ3n) is 5.40. The minimum absolute atomic E-state index is 0.461. The van der Waals surface area contributed by atoms with E-state index in [0.717, 1.165) is 28.1 Å². The molecule has 0 aliphatic rings. The number of nitrogens with zero attached hydrogens (tertiary/aromatic N) is 3. The van der Waals surface area contributed by atoms with E-state index in [1.807, 2.05) is 60.7 Å². The molecule has 0 radical (unpaired) electrons. The molecule has 0 bridgehead atoms. The minimum atomic E-state index is -0.674. The predicted octanol–water partition coefficient (Wildman–Crippen LogP) is 4.45. The van der Waals surface area contributed by atoms with Crippen LogP contribution in [0.2, 0.25) is 0 Å². The predicted molar refractivity (Wildman–Crippen MR) is 131 cm³/mol. The summed E-state index contributed by atoms with van der Waals surface area (Å²) in [5.74, 6) is -0.529. The van der Waals surface area contributed by atoms with Crippen molar-refractivity contribution in [1.29, 1.82) is 0 Å². The molecular formula is C27H25N5O. The van der Waals surface area contributed by atoms with E-state index in [1.165, 1.54) is 0 Å². The van der Waals surface area contributed by atoms with Gasteiger partial charge in [-0.3, -0.25) is 14.8 Å². The van der Waals surface area contributed by atoms with Gasteiger partial charge in [-0.1, -0.05) is 55.1 Å². The van der Waals surface area contributed by atoms with Crippen LogP contribution in [0.15, 0.2) is 91.9 Å². The highest BCUT2D eigenvalue weighted by Crippen LogP contribution is 2.32. The molecule has 33 heavy (non-hydrogen) atoms. The van der Waals surface area contributed by atoms with E-state index in [4.69, 9.17) is 10.7 Å². The lowest BCUT2D eigenvalue weighted by Gasteiger charge is -2.19. The maximum atomic E-state index is 12.5. The van der Waals surface area contributed by atoms with Crippen molar-refractivity contribution >= 4 is 17.8 Å². The standard InChI is InChI=1S/C27H25N5O/c1-2-19-8-3-4-11-22(19)24-13-12-23(25(26(28)33)20-9-7-15-29-18-20)27(32-24)31-17-14-21-10-5-6-16-30-21/h2-13,15-16,18,25H,1,14,17H2,(H2,28,33)(H,31,32). The van der Waals surface area contributed by atoms with E-state index < -0.39 is 11.8 Å². The Kier molecular flexibility index (Phi) is 6.85. The summed E-state index contributed by atoms with van der Waals surface area (Å²) in [5, 5.41) is 3.41. The van der Waals surface area contributed by atoms with Crippen LogP contribution in [0.4, 0.5) is 5.82 Å². The first-order valence-corrected chi connectivity index (χ1v) is 10.7. The third kappa shape index (κ3) is 5.13. The van der Waals surface area contributed by atoms with Gasteiger partial charge in [-0.15, -0.1) is 0 Å². The monoisotopic (exact) mass is 435 g/mol. The van der Waals surface area contributed by atoms with Crippen LogP contribution in [0.1, 0.15) is 28.3 Å². The fraction of sp³-hybridized carbons (Fsp3) is 0.111. The number of rotatable bonds is 9. The smallest absolute Gasteiger partial charge is 0.229 e. The summed E-state index contributed by atoms with van der Waals surface area (Å²) < 4.78 is 0. The van der Waals surface area contributed by atoms with E-state index in [0.29, 0.717) is 24.3 Å². The number of carbonyl (C=O) groups is 1. The molecule has 3 aromatic heterocycles. The maximum Gasteiger partial charge on any atom is 0.229 e. The molecule has 6 nitrogen and oxygen atoms in total. The minimum Gasteiger partial charge on any atom is -0.369 e. The number of aromatic nitrogens is 3. The number of primary amides is 1. The third-order valence-corrected chi connectivity index (χ3v) is 5.40. The lowest BCUT2D eigenvalue weighted by molar-refractivity contribution is -0.118. The molecule has 3 heterocycles. The van der Waals surface area contributed by atoms with Gasteiger partial charge >= 0.3 is 0 Å². The van der Waals surface area contributed by atoms with Crippen LogP contribution in [-0.4, -0.2) is 27.4 Å².